The number of benzene rings is 1. The van der Waals surface area contributed by atoms with Crippen molar-refractivity contribution in [2.75, 3.05) is 6.54 Å². The minimum absolute atomic E-state index is 0.0256. The molecule has 4 heteroatoms. The fraction of sp³-hybridized carbons (Fsp3) is 0.562. The van der Waals surface area contributed by atoms with Crippen LogP contribution in [0, 0.1) is 0 Å². The first-order chi connectivity index (χ1) is 9.40. The molecule has 1 aliphatic rings. The number of carbonyl (C=O) groups excluding carboxylic acids is 1. The summed E-state index contributed by atoms with van der Waals surface area (Å²) in [6.45, 7) is 6.27. The number of amides is 1. The first kappa shape index (κ1) is 14.9. The average Bonchev–Trinajstić information content (AvgIpc) is 2.66. The Labute approximate surface area is 120 Å². The Kier molecular flexibility index (Phi) is 4.33. The van der Waals surface area contributed by atoms with E-state index in [9.17, 15) is 4.79 Å². The summed E-state index contributed by atoms with van der Waals surface area (Å²) in [5.41, 5.74) is 7.71. The van der Waals surface area contributed by atoms with Gasteiger partial charge in [0.1, 0.15) is 5.60 Å². The highest BCUT2D eigenvalue weighted by Crippen LogP contribution is 2.41. The van der Waals surface area contributed by atoms with Gasteiger partial charge in [-0.05, 0) is 57.2 Å². The van der Waals surface area contributed by atoms with Crippen molar-refractivity contribution in [2.24, 2.45) is 5.73 Å². The molecule has 1 aromatic rings. The van der Waals surface area contributed by atoms with Gasteiger partial charge in [-0.25, -0.2) is 4.79 Å². The molecule has 1 aliphatic carbocycles. The number of rotatable bonds is 3. The first-order valence-corrected chi connectivity index (χ1v) is 7.19. The first-order valence-electron chi connectivity index (χ1n) is 7.19. The van der Waals surface area contributed by atoms with Crippen LogP contribution in [0.3, 0.4) is 0 Å². The number of nitrogens with two attached hydrogens (primary N) is 1. The summed E-state index contributed by atoms with van der Waals surface area (Å²) in [5, 5.41) is 2.98. The van der Waals surface area contributed by atoms with Crippen molar-refractivity contribution in [2.45, 2.75) is 51.2 Å². The second-order valence-electron chi connectivity index (χ2n) is 6.34. The van der Waals surface area contributed by atoms with E-state index in [-0.39, 0.29) is 12.1 Å². The van der Waals surface area contributed by atoms with Crippen LogP contribution in [-0.2, 0) is 4.74 Å². The van der Waals surface area contributed by atoms with Gasteiger partial charge in [-0.15, -0.1) is 0 Å². The molecule has 0 fully saturated rings. The third-order valence-electron chi connectivity index (χ3n) is 3.54. The van der Waals surface area contributed by atoms with Gasteiger partial charge in [0.25, 0.3) is 0 Å². The minimum Gasteiger partial charge on any atom is -0.444 e. The van der Waals surface area contributed by atoms with E-state index in [2.05, 4.69) is 17.4 Å². The number of carbonyl (C=O) groups is 1. The molecule has 0 bridgehead atoms. The maximum atomic E-state index is 11.9. The summed E-state index contributed by atoms with van der Waals surface area (Å²) in [6.07, 6.45) is 1.49. The van der Waals surface area contributed by atoms with Crippen molar-refractivity contribution in [3.63, 3.8) is 0 Å². The van der Waals surface area contributed by atoms with Gasteiger partial charge in [0, 0.05) is 0 Å². The number of fused-ring (bicyclic) bond motifs is 1. The smallest absolute Gasteiger partial charge is 0.408 e. The van der Waals surface area contributed by atoms with E-state index in [4.69, 9.17) is 10.5 Å². The van der Waals surface area contributed by atoms with E-state index in [0.717, 1.165) is 12.8 Å². The van der Waals surface area contributed by atoms with Crippen molar-refractivity contribution in [1.82, 2.24) is 5.32 Å². The second kappa shape index (κ2) is 5.83. The lowest BCUT2D eigenvalue weighted by molar-refractivity contribution is 0.0502. The van der Waals surface area contributed by atoms with Crippen LogP contribution < -0.4 is 11.1 Å². The molecule has 1 amide bonds. The van der Waals surface area contributed by atoms with E-state index in [1.54, 1.807) is 0 Å². The Morgan fingerprint density at radius 3 is 2.60 bits per heavy atom. The van der Waals surface area contributed by atoms with E-state index in [1.807, 2.05) is 32.9 Å². The molecular weight excluding hydrogens is 252 g/mol. The van der Waals surface area contributed by atoms with Crippen LogP contribution in [-0.4, -0.2) is 18.2 Å². The number of hydrogen-bond acceptors (Lipinski definition) is 3. The minimum atomic E-state index is -0.473. The van der Waals surface area contributed by atoms with Crippen molar-refractivity contribution < 1.29 is 9.53 Å². The number of ether oxygens (including phenoxy) is 1. The van der Waals surface area contributed by atoms with Crippen LogP contribution in [0.5, 0.6) is 0 Å². The normalized spacial score (nSPS) is 21.4. The lowest BCUT2D eigenvalue weighted by atomic mass is 9.98. The molecule has 0 saturated carbocycles. The van der Waals surface area contributed by atoms with Gasteiger partial charge in [0.05, 0.1) is 6.04 Å². The summed E-state index contributed by atoms with van der Waals surface area (Å²) < 4.78 is 5.34. The van der Waals surface area contributed by atoms with Gasteiger partial charge in [-0.2, -0.15) is 0 Å². The third kappa shape index (κ3) is 3.51. The van der Waals surface area contributed by atoms with E-state index >= 15 is 0 Å². The summed E-state index contributed by atoms with van der Waals surface area (Å²) in [4.78, 5) is 11.9. The van der Waals surface area contributed by atoms with Gasteiger partial charge >= 0.3 is 6.09 Å². The van der Waals surface area contributed by atoms with Crippen molar-refractivity contribution in [3.05, 3.63) is 35.4 Å². The quantitative estimate of drug-likeness (QED) is 0.891. The highest BCUT2D eigenvalue weighted by molar-refractivity contribution is 5.68. The number of nitrogens with one attached hydrogen (secondary N) is 1. The molecule has 2 atom stereocenters. The molecule has 2 rings (SSSR count). The molecule has 0 aliphatic heterocycles. The Hall–Kier alpha value is -1.55. The predicted molar refractivity (Wildman–Crippen MR) is 79.6 cm³/mol. The highest BCUT2D eigenvalue weighted by atomic mass is 16.6. The Bertz CT molecular complexity index is 480. The molecule has 1 aromatic carbocycles. The Morgan fingerprint density at radius 1 is 1.35 bits per heavy atom. The van der Waals surface area contributed by atoms with E-state index in [1.165, 1.54) is 11.1 Å². The van der Waals surface area contributed by atoms with Gasteiger partial charge < -0.3 is 15.8 Å². The second-order valence-corrected chi connectivity index (χ2v) is 6.34. The SMILES string of the molecule is CC(C)(C)OC(=O)N[C@H]1C[C@H](CCN)c2ccccc21. The van der Waals surface area contributed by atoms with Crippen LogP contribution in [0.25, 0.3) is 0 Å². The maximum Gasteiger partial charge on any atom is 0.408 e. The fourth-order valence-electron chi connectivity index (χ4n) is 2.80. The molecule has 0 spiro atoms. The van der Waals surface area contributed by atoms with Gasteiger partial charge in [-0.3, -0.25) is 0 Å². The standard InChI is InChI=1S/C16H24N2O2/c1-16(2,3)20-15(19)18-14-10-11(8-9-17)12-6-4-5-7-13(12)14/h4-7,11,14H,8-10,17H2,1-3H3,(H,18,19)/t11-,14-/m0/s1. The van der Waals surface area contributed by atoms with Crippen LogP contribution >= 0.6 is 0 Å². The zero-order valence-corrected chi connectivity index (χ0v) is 12.5. The molecule has 0 heterocycles. The Morgan fingerprint density at radius 2 is 2.00 bits per heavy atom. The Balaban J connectivity index is 2.09. The summed E-state index contributed by atoms with van der Waals surface area (Å²) in [5.74, 6) is 0.427. The van der Waals surface area contributed by atoms with E-state index in [0.29, 0.717) is 12.5 Å². The van der Waals surface area contributed by atoms with Crippen LogP contribution in [0.15, 0.2) is 24.3 Å². The molecule has 110 valence electrons. The zero-order chi connectivity index (χ0) is 14.8. The van der Waals surface area contributed by atoms with Gasteiger partial charge in [-0.1, -0.05) is 24.3 Å². The van der Waals surface area contributed by atoms with Crippen LogP contribution in [0.2, 0.25) is 0 Å². The maximum absolute atomic E-state index is 11.9. The van der Waals surface area contributed by atoms with Crippen molar-refractivity contribution in [3.8, 4) is 0 Å². The molecule has 0 saturated heterocycles. The molecule has 0 unspecified atom stereocenters. The number of hydrogen-bond donors (Lipinski definition) is 2. The summed E-state index contributed by atoms with van der Waals surface area (Å²) in [6, 6.07) is 8.28. The van der Waals surface area contributed by atoms with Crippen LogP contribution in [0.4, 0.5) is 4.79 Å². The lowest BCUT2D eigenvalue weighted by Gasteiger charge is -2.22. The lowest BCUT2D eigenvalue weighted by Crippen LogP contribution is -2.34. The monoisotopic (exact) mass is 276 g/mol. The zero-order valence-electron chi connectivity index (χ0n) is 12.5. The molecule has 0 radical (unpaired) electrons. The third-order valence-corrected chi connectivity index (χ3v) is 3.54. The molecule has 3 N–H and O–H groups in total. The van der Waals surface area contributed by atoms with Crippen LogP contribution in [0.1, 0.15) is 56.7 Å². The topological polar surface area (TPSA) is 64.3 Å². The summed E-state index contributed by atoms with van der Waals surface area (Å²) in [7, 11) is 0. The molecule has 4 nitrogen and oxygen atoms in total. The number of alkyl carbamates (subject to hydrolysis) is 1. The molecule has 20 heavy (non-hydrogen) atoms. The van der Waals surface area contributed by atoms with Gasteiger partial charge in [0.15, 0.2) is 0 Å². The van der Waals surface area contributed by atoms with Gasteiger partial charge in [0.2, 0.25) is 0 Å². The van der Waals surface area contributed by atoms with E-state index < -0.39 is 5.60 Å². The highest BCUT2D eigenvalue weighted by Gasteiger charge is 2.32. The van der Waals surface area contributed by atoms with Crippen molar-refractivity contribution >= 4 is 6.09 Å². The summed E-state index contributed by atoms with van der Waals surface area (Å²) >= 11 is 0. The molecular formula is C16H24N2O2. The predicted octanol–water partition coefficient (Wildman–Crippen LogP) is 3.09. The molecule has 0 aromatic heterocycles. The largest absolute Gasteiger partial charge is 0.444 e. The fourth-order valence-corrected chi connectivity index (χ4v) is 2.80. The van der Waals surface area contributed by atoms with Crippen molar-refractivity contribution in [1.29, 1.82) is 0 Å². The average molecular weight is 276 g/mol.